The zero-order valence-corrected chi connectivity index (χ0v) is 18.7. The van der Waals surface area contributed by atoms with Crippen LogP contribution in [-0.2, 0) is 11.2 Å². The van der Waals surface area contributed by atoms with Crippen LogP contribution in [0.5, 0.6) is 0 Å². The molecule has 164 valence electrons. The normalized spacial score (nSPS) is 26.7. The molecular weight excluding hydrogens is 412 g/mol. The number of hydrogen-bond donors (Lipinski definition) is 3. The van der Waals surface area contributed by atoms with E-state index in [4.69, 9.17) is 16.3 Å². The van der Waals surface area contributed by atoms with Crippen molar-refractivity contribution in [3.63, 3.8) is 0 Å². The standard InChI is InChI=1S/C22H33ClO5S/c1-3-5-14(24)12-15(25)8-10-18-17(19(23)13-20(18)26)7-4-6-16-9-11-21(29-16)22(27)28-2/h8-11,14-15,17-20,24-26H,3-7,12-13H2,1-2H3/b10-8+/t14?,15-,17-,18-,19-,20-/m1/s1. The summed E-state index contributed by atoms with van der Waals surface area (Å²) in [6.45, 7) is 2.00. The van der Waals surface area contributed by atoms with Crippen LogP contribution in [0.2, 0.25) is 0 Å². The summed E-state index contributed by atoms with van der Waals surface area (Å²) in [4.78, 5) is 13.3. The molecule has 0 aromatic carbocycles. The highest BCUT2D eigenvalue weighted by atomic mass is 35.5. The van der Waals surface area contributed by atoms with Crippen LogP contribution in [0.15, 0.2) is 24.3 Å². The first-order valence-corrected chi connectivity index (χ1v) is 11.6. The van der Waals surface area contributed by atoms with Crippen molar-refractivity contribution in [3.8, 4) is 0 Å². The maximum atomic E-state index is 11.6. The van der Waals surface area contributed by atoms with E-state index >= 15 is 0 Å². The van der Waals surface area contributed by atoms with Gasteiger partial charge in [0.05, 0.1) is 25.4 Å². The molecule has 0 aliphatic heterocycles. The molecule has 1 fully saturated rings. The molecule has 0 radical (unpaired) electrons. The molecule has 2 rings (SSSR count). The Balaban J connectivity index is 1.88. The molecule has 3 N–H and O–H groups in total. The number of alkyl halides is 1. The second kappa shape index (κ2) is 12.1. The van der Waals surface area contributed by atoms with Crippen LogP contribution in [0.25, 0.3) is 0 Å². The zero-order valence-electron chi connectivity index (χ0n) is 17.2. The average molecular weight is 445 g/mol. The van der Waals surface area contributed by atoms with E-state index in [0.29, 0.717) is 24.1 Å². The zero-order chi connectivity index (χ0) is 21.4. The number of aryl methyl sites for hydroxylation is 1. The van der Waals surface area contributed by atoms with Crippen LogP contribution < -0.4 is 0 Å². The fraction of sp³-hybridized carbons (Fsp3) is 0.682. The van der Waals surface area contributed by atoms with Gasteiger partial charge in [0, 0.05) is 22.6 Å². The van der Waals surface area contributed by atoms with Crippen molar-refractivity contribution < 1.29 is 24.9 Å². The minimum absolute atomic E-state index is 0.0931. The van der Waals surface area contributed by atoms with Crippen LogP contribution in [0, 0.1) is 11.8 Å². The van der Waals surface area contributed by atoms with Crippen LogP contribution in [0.1, 0.15) is 60.0 Å². The number of aliphatic hydroxyl groups excluding tert-OH is 3. The topological polar surface area (TPSA) is 87.0 Å². The molecule has 1 saturated carbocycles. The van der Waals surface area contributed by atoms with Gasteiger partial charge in [-0.3, -0.25) is 0 Å². The summed E-state index contributed by atoms with van der Waals surface area (Å²) in [5.41, 5.74) is 0. The minimum atomic E-state index is -0.721. The molecule has 7 heteroatoms. The first-order chi connectivity index (χ1) is 13.8. The van der Waals surface area contributed by atoms with Crippen molar-refractivity contribution in [1.29, 1.82) is 0 Å². The Morgan fingerprint density at radius 3 is 2.86 bits per heavy atom. The Morgan fingerprint density at radius 1 is 1.41 bits per heavy atom. The van der Waals surface area contributed by atoms with Crippen molar-refractivity contribution >= 4 is 28.9 Å². The summed E-state index contributed by atoms with van der Waals surface area (Å²) >= 11 is 7.95. The minimum Gasteiger partial charge on any atom is -0.465 e. The summed E-state index contributed by atoms with van der Waals surface area (Å²) in [6, 6.07) is 3.74. The number of rotatable bonds is 11. The van der Waals surface area contributed by atoms with Gasteiger partial charge < -0.3 is 20.1 Å². The van der Waals surface area contributed by atoms with Gasteiger partial charge in [0.1, 0.15) is 4.88 Å². The third-order valence-electron chi connectivity index (χ3n) is 5.57. The lowest BCUT2D eigenvalue weighted by molar-refractivity contribution is 0.0606. The number of halogens is 1. The van der Waals surface area contributed by atoms with E-state index in [1.807, 2.05) is 19.1 Å². The van der Waals surface area contributed by atoms with Crippen molar-refractivity contribution in [2.24, 2.45) is 11.8 Å². The van der Waals surface area contributed by atoms with Gasteiger partial charge in [-0.05, 0) is 50.2 Å². The number of thiophene rings is 1. The van der Waals surface area contributed by atoms with Crippen LogP contribution in [-0.4, -0.2) is 52.1 Å². The van der Waals surface area contributed by atoms with Gasteiger partial charge in [-0.15, -0.1) is 22.9 Å². The Hall–Kier alpha value is -0.920. The predicted octanol–water partition coefficient (Wildman–Crippen LogP) is 3.93. The van der Waals surface area contributed by atoms with E-state index in [9.17, 15) is 20.1 Å². The van der Waals surface area contributed by atoms with Gasteiger partial charge in [-0.25, -0.2) is 4.79 Å². The lowest BCUT2D eigenvalue weighted by Gasteiger charge is -2.21. The van der Waals surface area contributed by atoms with Crippen molar-refractivity contribution in [2.45, 2.75) is 75.6 Å². The molecule has 1 heterocycles. The summed E-state index contributed by atoms with van der Waals surface area (Å²) < 4.78 is 4.74. The number of methoxy groups -OCH3 is 1. The first kappa shape index (κ1) is 24.4. The van der Waals surface area contributed by atoms with Crippen LogP contribution >= 0.6 is 22.9 Å². The van der Waals surface area contributed by atoms with Gasteiger partial charge in [0.15, 0.2) is 0 Å². The monoisotopic (exact) mass is 444 g/mol. The molecule has 0 bridgehead atoms. The van der Waals surface area contributed by atoms with Gasteiger partial charge in [0.25, 0.3) is 0 Å². The highest BCUT2D eigenvalue weighted by molar-refractivity contribution is 7.13. The molecule has 1 unspecified atom stereocenters. The molecule has 0 saturated heterocycles. The SMILES string of the molecule is CCCC(O)C[C@H](O)/C=C/[C@@H]1[C@@H](CCCc2ccc(C(=O)OC)s2)[C@H](Cl)C[C@H]1O. The predicted molar refractivity (Wildman–Crippen MR) is 117 cm³/mol. The fourth-order valence-corrected chi connectivity index (χ4v) is 5.48. The number of ether oxygens (including phenoxy) is 1. The lowest BCUT2D eigenvalue weighted by Crippen LogP contribution is -2.20. The quantitative estimate of drug-likeness (QED) is 0.273. The fourth-order valence-electron chi connectivity index (χ4n) is 4.03. The Labute approximate surface area is 182 Å². The number of esters is 1. The van der Waals surface area contributed by atoms with Crippen LogP contribution in [0.3, 0.4) is 0 Å². The van der Waals surface area contributed by atoms with E-state index < -0.39 is 18.3 Å². The number of carbonyl (C=O) groups excluding carboxylic acids is 1. The van der Waals surface area contributed by atoms with E-state index in [1.54, 1.807) is 12.1 Å². The Morgan fingerprint density at radius 2 is 2.17 bits per heavy atom. The average Bonchev–Trinajstić information content (AvgIpc) is 3.24. The summed E-state index contributed by atoms with van der Waals surface area (Å²) in [6.07, 6.45) is 6.84. The van der Waals surface area contributed by atoms with Crippen molar-refractivity contribution in [3.05, 3.63) is 34.0 Å². The van der Waals surface area contributed by atoms with Crippen LogP contribution in [0.4, 0.5) is 0 Å². The highest BCUT2D eigenvalue weighted by Gasteiger charge is 2.39. The Kier molecular flexibility index (Phi) is 10.1. The molecule has 0 amide bonds. The molecule has 1 aromatic rings. The van der Waals surface area contributed by atoms with Crippen molar-refractivity contribution in [2.75, 3.05) is 7.11 Å². The maximum absolute atomic E-state index is 11.6. The third kappa shape index (κ3) is 7.37. The van der Waals surface area contributed by atoms with E-state index in [2.05, 4.69) is 0 Å². The van der Waals surface area contributed by atoms with E-state index in [1.165, 1.54) is 18.4 Å². The molecule has 6 atom stereocenters. The lowest BCUT2D eigenvalue weighted by atomic mass is 9.89. The highest BCUT2D eigenvalue weighted by Crippen LogP contribution is 2.40. The largest absolute Gasteiger partial charge is 0.465 e. The Bertz CT molecular complexity index is 661. The van der Waals surface area contributed by atoms with Gasteiger partial charge in [0.2, 0.25) is 0 Å². The second-order valence-corrected chi connectivity index (χ2v) is 9.57. The van der Waals surface area contributed by atoms with E-state index in [-0.39, 0.29) is 23.2 Å². The number of aliphatic hydroxyl groups is 3. The molecule has 29 heavy (non-hydrogen) atoms. The van der Waals surface area contributed by atoms with Crippen molar-refractivity contribution in [1.82, 2.24) is 0 Å². The second-order valence-electron chi connectivity index (χ2n) is 7.84. The molecule has 5 nitrogen and oxygen atoms in total. The molecule has 0 spiro atoms. The summed E-state index contributed by atoms with van der Waals surface area (Å²) in [5, 5.41) is 30.3. The molecule has 1 aliphatic rings. The summed E-state index contributed by atoms with van der Waals surface area (Å²) in [7, 11) is 1.38. The number of carbonyl (C=O) groups is 1. The molecule has 1 aromatic heterocycles. The van der Waals surface area contributed by atoms with Gasteiger partial charge in [-0.2, -0.15) is 0 Å². The molecular formula is C22H33ClO5S. The first-order valence-electron chi connectivity index (χ1n) is 10.4. The summed E-state index contributed by atoms with van der Waals surface area (Å²) in [5.74, 6) is -0.269. The third-order valence-corrected chi connectivity index (χ3v) is 7.20. The maximum Gasteiger partial charge on any atom is 0.348 e. The number of hydrogen-bond acceptors (Lipinski definition) is 6. The molecule has 1 aliphatic carbocycles. The van der Waals surface area contributed by atoms with E-state index in [0.717, 1.165) is 30.6 Å². The van der Waals surface area contributed by atoms with Gasteiger partial charge >= 0.3 is 5.97 Å². The van der Waals surface area contributed by atoms with Gasteiger partial charge in [-0.1, -0.05) is 25.5 Å². The smallest absolute Gasteiger partial charge is 0.348 e.